The van der Waals surface area contributed by atoms with E-state index in [0.29, 0.717) is 0 Å². The second-order valence-corrected chi connectivity index (χ2v) is 3.67. The molecule has 0 spiro atoms. The van der Waals surface area contributed by atoms with Crippen molar-refractivity contribution >= 4 is 5.91 Å². The van der Waals surface area contributed by atoms with Gasteiger partial charge in [-0.1, -0.05) is 25.1 Å². The molecule has 0 bridgehead atoms. The summed E-state index contributed by atoms with van der Waals surface area (Å²) in [5.41, 5.74) is 1.76. The van der Waals surface area contributed by atoms with E-state index in [1.54, 1.807) is 12.0 Å². The molecule has 1 amide bonds. The minimum absolute atomic E-state index is 0.0827. The zero-order valence-electron chi connectivity index (χ0n) is 9.06. The van der Waals surface area contributed by atoms with E-state index in [1.807, 2.05) is 24.3 Å². The fourth-order valence-corrected chi connectivity index (χ4v) is 2.05. The molecule has 0 saturated heterocycles. The predicted molar refractivity (Wildman–Crippen MR) is 57.5 cm³/mol. The summed E-state index contributed by atoms with van der Waals surface area (Å²) in [4.78, 5) is 13.8. The average Bonchev–Trinajstić information content (AvgIpc) is 2.54. The van der Waals surface area contributed by atoms with Gasteiger partial charge in [-0.15, -0.1) is 0 Å². The lowest BCUT2D eigenvalue weighted by Crippen LogP contribution is -2.29. The Balaban J connectivity index is 2.39. The summed E-state index contributed by atoms with van der Waals surface area (Å²) in [6.45, 7) is 2.80. The first-order valence-corrected chi connectivity index (χ1v) is 5.22. The Hall–Kier alpha value is -1.35. The number of benzene rings is 1. The van der Waals surface area contributed by atoms with E-state index in [1.165, 1.54) is 0 Å². The standard InChI is InChI=1S/C12H15NO2/c1-3-8-13-11(14)9-6-4-5-7-10(9)12(13)15-2/h4-7,12H,3,8H2,1-2H3/t12-/m1/s1. The van der Waals surface area contributed by atoms with Gasteiger partial charge in [-0.25, -0.2) is 0 Å². The number of amides is 1. The van der Waals surface area contributed by atoms with Crippen LogP contribution in [-0.4, -0.2) is 24.5 Å². The normalized spacial score (nSPS) is 19.5. The molecule has 0 fully saturated rings. The number of carbonyl (C=O) groups is 1. The summed E-state index contributed by atoms with van der Waals surface area (Å²) in [7, 11) is 1.64. The van der Waals surface area contributed by atoms with E-state index in [0.717, 1.165) is 24.1 Å². The van der Waals surface area contributed by atoms with Crippen molar-refractivity contribution in [3.8, 4) is 0 Å². The molecule has 0 aliphatic carbocycles. The molecule has 3 heteroatoms. The van der Waals surface area contributed by atoms with Crippen molar-refractivity contribution in [3.63, 3.8) is 0 Å². The van der Waals surface area contributed by atoms with E-state index in [9.17, 15) is 4.79 Å². The van der Waals surface area contributed by atoms with E-state index in [-0.39, 0.29) is 12.1 Å². The number of hydrogen-bond donors (Lipinski definition) is 0. The van der Waals surface area contributed by atoms with Gasteiger partial charge in [0.25, 0.3) is 5.91 Å². The topological polar surface area (TPSA) is 29.5 Å². The highest BCUT2D eigenvalue weighted by molar-refractivity contribution is 5.98. The zero-order chi connectivity index (χ0) is 10.8. The Morgan fingerprint density at radius 3 is 2.80 bits per heavy atom. The summed E-state index contributed by atoms with van der Waals surface area (Å²) < 4.78 is 5.38. The van der Waals surface area contributed by atoms with Gasteiger partial charge in [0.05, 0.1) is 0 Å². The fraction of sp³-hybridized carbons (Fsp3) is 0.417. The maximum atomic E-state index is 12.0. The summed E-state index contributed by atoms with van der Waals surface area (Å²) in [5.74, 6) is 0.0827. The third kappa shape index (κ3) is 1.53. The molecule has 1 aromatic carbocycles. The van der Waals surface area contributed by atoms with Gasteiger partial charge in [-0.05, 0) is 12.5 Å². The maximum absolute atomic E-state index is 12.0. The fourth-order valence-electron chi connectivity index (χ4n) is 2.05. The molecule has 0 unspecified atom stereocenters. The van der Waals surface area contributed by atoms with Crippen LogP contribution in [0.1, 0.15) is 35.5 Å². The van der Waals surface area contributed by atoms with Crippen LogP contribution in [0.5, 0.6) is 0 Å². The summed E-state index contributed by atoms with van der Waals surface area (Å²) >= 11 is 0. The molecule has 80 valence electrons. The van der Waals surface area contributed by atoms with Gasteiger partial charge in [-0.3, -0.25) is 4.79 Å². The first kappa shape index (κ1) is 10.2. The Kier molecular flexibility index (Phi) is 2.73. The molecule has 0 aromatic heterocycles. The van der Waals surface area contributed by atoms with E-state index in [2.05, 4.69) is 6.92 Å². The van der Waals surface area contributed by atoms with Crippen molar-refractivity contribution in [2.45, 2.75) is 19.6 Å². The van der Waals surface area contributed by atoms with Gasteiger partial charge in [0.2, 0.25) is 0 Å². The van der Waals surface area contributed by atoms with Crippen LogP contribution in [0.25, 0.3) is 0 Å². The lowest BCUT2D eigenvalue weighted by Gasteiger charge is -2.23. The molecule has 2 rings (SSSR count). The van der Waals surface area contributed by atoms with Crippen LogP contribution in [0.4, 0.5) is 0 Å². The van der Waals surface area contributed by atoms with Crippen LogP contribution >= 0.6 is 0 Å². The highest BCUT2D eigenvalue weighted by Crippen LogP contribution is 2.33. The number of hydrogen-bond acceptors (Lipinski definition) is 2. The number of rotatable bonds is 3. The van der Waals surface area contributed by atoms with Gasteiger partial charge < -0.3 is 9.64 Å². The summed E-state index contributed by atoms with van der Waals surface area (Å²) in [5, 5.41) is 0. The highest BCUT2D eigenvalue weighted by Gasteiger charge is 2.35. The molecule has 15 heavy (non-hydrogen) atoms. The minimum Gasteiger partial charge on any atom is -0.357 e. The Labute approximate surface area is 89.7 Å². The number of ether oxygens (including phenoxy) is 1. The first-order chi connectivity index (χ1) is 7.29. The third-order valence-electron chi connectivity index (χ3n) is 2.69. The molecule has 1 aliphatic rings. The average molecular weight is 205 g/mol. The second-order valence-electron chi connectivity index (χ2n) is 3.67. The number of nitrogens with zero attached hydrogens (tertiary/aromatic N) is 1. The van der Waals surface area contributed by atoms with Crippen molar-refractivity contribution in [1.29, 1.82) is 0 Å². The molecule has 1 aliphatic heterocycles. The van der Waals surface area contributed by atoms with E-state index < -0.39 is 0 Å². The van der Waals surface area contributed by atoms with Crippen LogP contribution < -0.4 is 0 Å². The molecule has 3 nitrogen and oxygen atoms in total. The van der Waals surface area contributed by atoms with Gasteiger partial charge >= 0.3 is 0 Å². The second kappa shape index (κ2) is 4.03. The molecule has 0 saturated carbocycles. The van der Waals surface area contributed by atoms with Crippen LogP contribution in [0.2, 0.25) is 0 Å². The molecule has 1 aromatic rings. The zero-order valence-corrected chi connectivity index (χ0v) is 9.06. The Bertz CT molecular complexity index is 376. The third-order valence-corrected chi connectivity index (χ3v) is 2.69. The van der Waals surface area contributed by atoms with Crippen LogP contribution in [0.15, 0.2) is 24.3 Å². The largest absolute Gasteiger partial charge is 0.357 e. The first-order valence-electron chi connectivity index (χ1n) is 5.22. The molecule has 0 N–H and O–H groups in total. The van der Waals surface area contributed by atoms with Crippen LogP contribution in [-0.2, 0) is 4.74 Å². The molecular formula is C12H15NO2. The number of carbonyl (C=O) groups excluding carboxylic acids is 1. The van der Waals surface area contributed by atoms with Gasteiger partial charge in [0.15, 0.2) is 6.23 Å². The maximum Gasteiger partial charge on any atom is 0.256 e. The quantitative estimate of drug-likeness (QED) is 0.757. The molecule has 0 radical (unpaired) electrons. The molecule has 1 heterocycles. The lowest BCUT2D eigenvalue weighted by atomic mass is 10.1. The highest BCUT2D eigenvalue weighted by atomic mass is 16.5. The minimum atomic E-state index is -0.200. The number of methoxy groups -OCH3 is 1. The summed E-state index contributed by atoms with van der Waals surface area (Å²) in [6.07, 6.45) is 0.744. The lowest BCUT2D eigenvalue weighted by molar-refractivity contribution is -0.0123. The van der Waals surface area contributed by atoms with Crippen molar-refractivity contribution in [2.75, 3.05) is 13.7 Å². The Morgan fingerprint density at radius 2 is 2.13 bits per heavy atom. The monoisotopic (exact) mass is 205 g/mol. The van der Waals surface area contributed by atoms with Gasteiger partial charge in [-0.2, -0.15) is 0 Å². The van der Waals surface area contributed by atoms with Crippen LogP contribution in [0.3, 0.4) is 0 Å². The van der Waals surface area contributed by atoms with Gasteiger partial charge in [0, 0.05) is 24.8 Å². The number of fused-ring (bicyclic) bond motifs is 1. The van der Waals surface area contributed by atoms with Gasteiger partial charge in [0.1, 0.15) is 0 Å². The van der Waals surface area contributed by atoms with Crippen molar-refractivity contribution < 1.29 is 9.53 Å². The predicted octanol–water partition coefficient (Wildman–Crippen LogP) is 2.20. The van der Waals surface area contributed by atoms with Crippen molar-refractivity contribution in [1.82, 2.24) is 4.90 Å². The van der Waals surface area contributed by atoms with E-state index >= 15 is 0 Å². The summed E-state index contributed by atoms with van der Waals surface area (Å²) in [6, 6.07) is 7.64. The van der Waals surface area contributed by atoms with Crippen LogP contribution in [0, 0.1) is 0 Å². The van der Waals surface area contributed by atoms with Crippen molar-refractivity contribution in [2.24, 2.45) is 0 Å². The SMILES string of the molecule is CCCN1C(=O)c2ccccc2[C@H]1OC. The Morgan fingerprint density at radius 1 is 1.40 bits per heavy atom. The smallest absolute Gasteiger partial charge is 0.256 e. The van der Waals surface area contributed by atoms with E-state index in [4.69, 9.17) is 4.74 Å². The molecular weight excluding hydrogens is 190 g/mol. The van der Waals surface area contributed by atoms with Crippen molar-refractivity contribution in [3.05, 3.63) is 35.4 Å². The molecule has 1 atom stereocenters.